The van der Waals surface area contributed by atoms with Crippen LogP contribution in [0.2, 0.25) is 0 Å². The molecule has 1 fully saturated rings. The Morgan fingerprint density at radius 1 is 1.11 bits per heavy atom. The van der Waals surface area contributed by atoms with Gasteiger partial charge in [-0.15, -0.1) is 0 Å². The number of carbonyl (C=O) groups is 3. The van der Waals surface area contributed by atoms with Gasteiger partial charge >= 0.3 is 11.9 Å². The second-order valence-electron chi connectivity index (χ2n) is 9.78. The van der Waals surface area contributed by atoms with Gasteiger partial charge in [0.1, 0.15) is 24.4 Å². The minimum Gasteiger partial charge on any atom is -0.465 e. The molecule has 0 aromatic heterocycles. The summed E-state index contributed by atoms with van der Waals surface area (Å²) in [6.45, 7) is 9.72. The first-order valence-corrected chi connectivity index (χ1v) is 12.7. The molecular weight excluding hydrogens is 498 g/mol. The van der Waals surface area contributed by atoms with Crippen LogP contribution in [0.3, 0.4) is 0 Å². The Morgan fingerprint density at radius 2 is 1.76 bits per heavy atom. The number of ether oxygens (including phenoxy) is 6. The van der Waals surface area contributed by atoms with Crippen LogP contribution in [0, 0.1) is 0 Å². The van der Waals surface area contributed by atoms with Gasteiger partial charge in [-0.05, 0) is 33.3 Å². The standard InChI is InChI=1S/C27H41NO10/c1-16(2)34-15-22(36-17(3)4)24(31)25-23(28-18(5)29)21(37-19(6)30)13-27(38-25,26(32)33-7)35-14-20-11-9-8-10-12-20/h8-12,16-17,21-25,31H,13-15H2,1-7H3,(H,28,29)/t21-,22+,23+,24+,25+,27+/m0/s1. The quantitative estimate of drug-likeness (QED) is 0.357. The molecule has 1 aromatic rings. The first-order valence-electron chi connectivity index (χ1n) is 12.7. The lowest BCUT2D eigenvalue weighted by Crippen LogP contribution is -2.68. The number of hydrogen-bond donors (Lipinski definition) is 2. The number of benzene rings is 1. The summed E-state index contributed by atoms with van der Waals surface area (Å²) in [5.74, 6) is -4.06. The molecule has 0 saturated carbocycles. The molecule has 1 aliphatic rings. The summed E-state index contributed by atoms with van der Waals surface area (Å²) in [4.78, 5) is 37.4. The molecule has 1 saturated heterocycles. The Balaban J connectivity index is 2.54. The van der Waals surface area contributed by atoms with E-state index < -0.39 is 54.1 Å². The van der Waals surface area contributed by atoms with Gasteiger partial charge in [-0.2, -0.15) is 0 Å². The molecular formula is C27H41NO10. The highest BCUT2D eigenvalue weighted by molar-refractivity contribution is 5.78. The Kier molecular flexibility index (Phi) is 12.1. The van der Waals surface area contributed by atoms with Crippen molar-refractivity contribution in [3.05, 3.63) is 35.9 Å². The lowest BCUT2D eigenvalue weighted by Gasteiger charge is -2.48. The van der Waals surface area contributed by atoms with E-state index in [2.05, 4.69) is 5.32 Å². The minimum absolute atomic E-state index is 0.00199. The average Bonchev–Trinajstić information content (AvgIpc) is 2.85. The van der Waals surface area contributed by atoms with Crippen molar-refractivity contribution in [3.8, 4) is 0 Å². The second kappa shape index (κ2) is 14.5. The average molecular weight is 540 g/mol. The summed E-state index contributed by atoms with van der Waals surface area (Å²) >= 11 is 0. The Hall–Kier alpha value is -2.57. The maximum Gasteiger partial charge on any atom is 0.366 e. The van der Waals surface area contributed by atoms with Crippen molar-refractivity contribution in [2.45, 2.75) is 103 Å². The van der Waals surface area contributed by atoms with Crippen molar-refractivity contribution < 1.29 is 47.9 Å². The largest absolute Gasteiger partial charge is 0.465 e. The van der Waals surface area contributed by atoms with Crippen LogP contribution in [0.25, 0.3) is 0 Å². The Labute approximate surface area is 224 Å². The van der Waals surface area contributed by atoms with Crippen LogP contribution in [0.4, 0.5) is 0 Å². The lowest BCUT2D eigenvalue weighted by molar-refractivity contribution is -0.318. The van der Waals surface area contributed by atoms with Gasteiger partial charge in [0.15, 0.2) is 0 Å². The lowest BCUT2D eigenvalue weighted by atomic mass is 9.88. The molecule has 1 amide bonds. The summed E-state index contributed by atoms with van der Waals surface area (Å²) in [5, 5.41) is 14.3. The molecule has 0 bridgehead atoms. The van der Waals surface area contributed by atoms with E-state index in [0.717, 1.165) is 5.56 Å². The fourth-order valence-corrected chi connectivity index (χ4v) is 4.24. The summed E-state index contributed by atoms with van der Waals surface area (Å²) in [6, 6.07) is 8.04. The monoisotopic (exact) mass is 539 g/mol. The molecule has 1 aliphatic heterocycles. The van der Waals surface area contributed by atoms with E-state index in [4.69, 9.17) is 28.4 Å². The van der Waals surface area contributed by atoms with E-state index in [1.54, 1.807) is 26.0 Å². The first-order chi connectivity index (χ1) is 17.9. The predicted octanol–water partition coefficient (Wildman–Crippen LogP) is 1.88. The van der Waals surface area contributed by atoms with Crippen molar-refractivity contribution in [2.75, 3.05) is 13.7 Å². The molecule has 2 N–H and O–H groups in total. The fourth-order valence-electron chi connectivity index (χ4n) is 4.24. The highest BCUT2D eigenvalue weighted by Gasteiger charge is 2.58. The third-order valence-electron chi connectivity index (χ3n) is 5.81. The number of aliphatic hydroxyl groups excluding tert-OH is 1. The molecule has 2 rings (SSSR count). The number of hydrogen-bond acceptors (Lipinski definition) is 10. The molecule has 1 aromatic carbocycles. The number of aliphatic hydroxyl groups is 1. The van der Waals surface area contributed by atoms with E-state index in [-0.39, 0.29) is 31.8 Å². The zero-order chi connectivity index (χ0) is 28.5. The van der Waals surface area contributed by atoms with Gasteiger partial charge in [-0.3, -0.25) is 9.59 Å². The molecule has 214 valence electrons. The van der Waals surface area contributed by atoms with Gasteiger partial charge in [-0.25, -0.2) is 4.79 Å². The van der Waals surface area contributed by atoms with Crippen molar-refractivity contribution in [1.29, 1.82) is 0 Å². The van der Waals surface area contributed by atoms with Crippen LogP contribution >= 0.6 is 0 Å². The summed E-state index contributed by atoms with van der Waals surface area (Å²) < 4.78 is 34.5. The van der Waals surface area contributed by atoms with Crippen LogP contribution in [-0.2, 0) is 49.4 Å². The Bertz CT molecular complexity index is 908. The van der Waals surface area contributed by atoms with Crippen LogP contribution < -0.4 is 5.32 Å². The topological polar surface area (TPSA) is 139 Å². The van der Waals surface area contributed by atoms with Gasteiger partial charge in [0.25, 0.3) is 5.79 Å². The number of nitrogens with one attached hydrogen (secondary N) is 1. The molecule has 0 spiro atoms. The van der Waals surface area contributed by atoms with E-state index in [1.165, 1.54) is 21.0 Å². The van der Waals surface area contributed by atoms with E-state index >= 15 is 0 Å². The third kappa shape index (κ3) is 9.02. The highest BCUT2D eigenvalue weighted by atomic mass is 16.7. The number of amides is 1. The van der Waals surface area contributed by atoms with Gasteiger partial charge in [0.2, 0.25) is 5.91 Å². The van der Waals surface area contributed by atoms with Gasteiger partial charge < -0.3 is 38.8 Å². The van der Waals surface area contributed by atoms with Gasteiger partial charge in [-0.1, -0.05) is 30.3 Å². The smallest absolute Gasteiger partial charge is 0.366 e. The molecule has 1 heterocycles. The number of esters is 2. The van der Waals surface area contributed by atoms with Gasteiger partial charge in [0.05, 0.1) is 45.0 Å². The second-order valence-corrected chi connectivity index (χ2v) is 9.78. The first kappa shape index (κ1) is 31.6. The summed E-state index contributed by atoms with van der Waals surface area (Å²) in [5.41, 5.74) is 0.746. The van der Waals surface area contributed by atoms with Crippen LogP contribution in [0.1, 0.15) is 53.5 Å². The highest BCUT2D eigenvalue weighted by Crippen LogP contribution is 2.37. The van der Waals surface area contributed by atoms with Crippen LogP contribution in [0.5, 0.6) is 0 Å². The van der Waals surface area contributed by atoms with Gasteiger partial charge in [0, 0.05) is 13.8 Å². The number of carbonyl (C=O) groups excluding carboxylic acids is 3. The molecule has 11 heteroatoms. The number of rotatable bonds is 13. The van der Waals surface area contributed by atoms with E-state index in [1.807, 2.05) is 32.0 Å². The molecule has 0 unspecified atom stereocenters. The van der Waals surface area contributed by atoms with E-state index in [0.29, 0.717) is 0 Å². The van der Waals surface area contributed by atoms with Crippen LogP contribution in [0.15, 0.2) is 30.3 Å². The molecule has 11 nitrogen and oxygen atoms in total. The predicted molar refractivity (Wildman–Crippen MR) is 136 cm³/mol. The van der Waals surface area contributed by atoms with Crippen molar-refractivity contribution in [3.63, 3.8) is 0 Å². The van der Waals surface area contributed by atoms with Crippen molar-refractivity contribution >= 4 is 17.8 Å². The number of methoxy groups -OCH3 is 1. The maximum atomic E-state index is 13.2. The zero-order valence-corrected chi connectivity index (χ0v) is 23.2. The fraction of sp³-hybridized carbons (Fsp3) is 0.667. The summed E-state index contributed by atoms with van der Waals surface area (Å²) in [7, 11) is 1.17. The van der Waals surface area contributed by atoms with Crippen LogP contribution in [-0.4, -0.2) is 85.1 Å². The zero-order valence-electron chi connectivity index (χ0n) is 23.2. The molecule has 38 heavy (non-hydrogen) atoms. The summed E-state index contributed by atoms with van der Waals surface area (Å²) in [6.07, 6.45) is -5.52. The third-order valence-corrected chi connectivity index (χ3v) is 5.81. The molecule has 0 radical (unpaired) electrons. The SMILES string of the molecule is COC(=O)[C@@]1(OCc2ccccc2)C[C@H](OC(C)=O)[C@@H](NC(C)=O)[C@H]([C@H](O)[C@@H](COC(C)C)OC(C)C)O1. The molecule has 6 atom stereocenters. The van der Waals surface area contributed by atoms with Crippen molar-refractivity contribution in [1.82, 2.24) is 5.32 Å². The van der Waals surface area contributed by atoms with E-state index in [9.17, 15) is 19.5 Å². The Morgan fingerprint density at radius 3 is 2.29 bits per heavy atom. The normalized spacial score (nSPS) is 25.1. The van der Waals surface area contributed by atoms with Crippen molar-refractivity contribution in [2.24, 2.45) is 0 Å². The minimum atomic E-state index is -2.06. The maximum absolute atomic E-state index is 13.2. The molecule has 0 aliphatic carbocycles.